The Labute approximate surface area is 141 Å². The number of rotatable bonds is 5. The van der Waals surface area contributed by atoms with E-state index in [-0.39, 0.29) is 6.10 Å². The number of fused-ring (bicyclic) bond motifs is 1. The van der Waals surface area contributed by atoms with Crippen molar-refractivity contribution in [2.45, 2.75) is 40.3 Å². The van der Waals surface area contributed by atoms with Crippen molar-refractivity contribution in [3.05, 3.63) is 53.1 Å². The van der Waals surface area contributed by atoms with Crippen LogP contribution in [-0.4, -0.2) is 11.1 Å². The normalized spacial score (nSPS) is 11.2. The lowest BCUT2D eigenvalue weighted by molar-refractivity contribution is 0.241. The molecule has 0 bridgehead atoms. The molecule has 1 N–H and O–H groups in total. The number of aromatic nitrogens is 1. The lowest BCUT2D eigenvalue weighted by Crippen LogP contribution is -2.06. The van der Waals surface area contributed by atoms with Crippen LogP contribution in [0.1, 0.15) is 30.5 Å². The third-order valence-electron chi connectivity index (χ3n) is 3.71. The molecule has 4 heteroatoms. The van der Waals surface area contributed by atoms with Gasteiger partial charge in [-0.1, -0.05) is 41.7 Å². The maximum Gasteiger partial charge on any atom is 0.184 e. The van der Waals surface area contributed by atoms with Crippen LogP contribution >= 0.6 is 11.3 Å². The second kappa shape index (κ2) is 6.59. The third kappa shape index (κ3) is 3.48. The van der Waals surface area contributed by atoms with E-state index in [1.54, 1.807) is 11.3 Å². The van der Waals surface area contributed by atoms with E-state index in [1.807, 2.05) is 6.07 Å². The summed E-state index contributed by atoms with van der Waals surface area (Å²) in [5.74, 6) is 0.961. The van der Waals surface area contributed by atoms with Crippen LogP contribution in [0.2, 0.25) is 0 Å². The van der Waals surface area contributed by atoms with Gasteiger partial charge in [-0.2, -0.15) is 0 Å². The van der Waals surface area contributed by atoms with Crippen molar-refractivity contribution in [1.29, 1.82) is 0 Å². The molecule has 120 valence electrons. The van der Waals surface area contributed by atoms with Crippen LogP contribution < -0.4 is 10.1 Å². The van der Waals surface area contributed by atoms with E-state index < -0.39 is 0 Å². The largest absolute Gasteiger partial charge is 0.491 e. The van der Waals surface area contributed by atoms with Gasteiger partial charge in [0.15, 0.2) is 5.13 Å². The molecule has 0 atom stereocenters. The first-order valence-corrected chi connectivity index (χ1v) is 8.71. The zero-order valence-corrected chi connectivity index (χ0v) is 14.8. The minimum atomic E-state index is 0.175. The van der Waals surface area contributed by atoms with Gasteiger partial charge in [0.2, 0.25) is 0 Å². The predicted molar refractivity (Wildman–Crippen MR) is 98.6 cm³/mol. The molecule has 3 rings (SSSR count). The average molecular weight is 326 g/mol. The molecule has 1 heterocycles. The lowest BCUT2D eigenvalue weighted by Gasteiger charge is -2.13. The van der Waals surface area contributed by atoms with Crippen LogP contribution in [-0.2, 0) is 6.54 Å². The Morgan fingerprint density at radius 2 is 1.91 bits per heavy atom. The topological polar surface area (TPSA) is 34.1 Å². The Bertz CT molecular complexity index is 809. The van der Waals surface area contributed by atoms with Gasteiger partial charge in [0.05, 0.1) is 16.3 Å². The van der Waals surface area contributed by atoms with Gasteiger partial charge < -0.3 is 10.1 Å². The van der Waals surface area contributed by atoms with E-state index in [9.17, 15) is 0 Å². The zero-order chi connectivity index (χ0) is 16.4. The first-order valence-electron chi connectivity index (χ1n) is 7.90. The van der Waals surface area contributed by atoms with Crippen LogP contribution in [0.4, 0.5) is 5.13 Å². The van der Waals surface area contributed by atoms with Crippen LogP contribution in [0.5, 0.6) is 5.75 Å². The minimum absolute atomic E-state index is 0.175. The summed E-state index contributed by atoms with van der Waals surface area (Å²) in [5.41, 5.74) is 4.65. The standard InChI is InChI=1S/C19H22N2OS/c1-12(2)22-16-10-13(3)17-18(14(16)4)23-19(21-17)20-11-15-8-6-5-7-9-15/h5-10,12H,11H2,1-4H3,(H,20,21). The number of benzene rings is 2. The van der Waals surface area contributed by atoms with E-state index in [4.69, 9.17) is 9.72 Å². The number of nitrogens with zero attached hydrogens (tertiary/aromatic N) is 1. The van der Waals surface area contributed by atoms with Gasteiger partial charge in [0, 0.05) is 12.1 Å². The molecule has 0 saturated heterocycles. The maximum atomic E-state index is 5.93. The molecule has 1 aromatic heterocycles. The first-order chi connectivity index (χ1) is 11.0. The zero-order valence-electron chi connectivity index (χ0n) is 14.0. The van der Waals surface area contributed by atoms with Gasteiger partial charge in [-0.3, -0.25) is 0 Å². The Morgan fingerprint density at radius 3 is 2.61 bits per heavy atom. The Morgan fingerprint density at radius 1 is 1.17 bits per heavy atom. The summed E-state index contributed by atoms with van der Waals surface area (Å²) in [7, 11) is 0. The molecule has 0 spiro atoms. The molecule has 2 aromatic carbocycles. The highest BCUT2D eigenvalue weighted by Gasteiger charge is 2.14. The molecule has 0 aliphatic rings. The van der Waals surface area contributed by atoms with E-state index >= 15 is 0 Å². The SMILES string of the molecule is Cc1cc(OC(C)C)c(C)c2sc(NCc3ccccc3)nc12. The molecular formula is C19H22N2OS. The Kier molecular flexibility index (Phi) is 4.53. The van der Waals surface area contributed by atoms with Gasteiger partial charge in [-0.05, 0) is 44.9 Å². The molecule has 0 saturated carbocycles. The number of nitrogens with one attached hydrogen (secondary N) is 1. The molecule has 0 aliphatic carbocycles. The van der Waals surface area contributed by atoms with Crippen molar-refractivity contribution in [3.63, 3.8) is 0 Å². The highest BCUT2D eigenvalue weighted by molar-refractivity contribution is 7.22. The molecule has 23 heavy (non-hydrogen) atoms. The summed E-state index contributed by atoms with van der Waals surface area (Å²) in [5, 5.41) is 4.39. The summed E-state index contributed by atoms with van der Waals surface area (Å²) in [6.45, 7) is 9.10. The summed E-state index contributed by atoms with van der Waals surface area (Å²) in [6, 6.07) is 12.5. The van der Waals surface area contributed by atoms with Crippen molar-refractivity contribution in [2.75, 3.05) is 5.32 Å². The van der Waals surface area contributed by atoms with Crippen molar-refractivity contribution in [1.82, 2.24) is 4.98 Å². The van der Waals surface area contributed by atoms with Crippen molar-refractivity contribution < 1.29 is 4.74 Å². The van der Waals surface area contributed by atoms with Gasteiger partial charge in [0.25, 0.3) is 0 Å². The number of anilines is 1. The van der Waals surface area contributed by atoms with E-state index in [2.05, 4.69) is 63.3 Å². The quantitative estimate of drug-likeness (QED) is 0.689. The van der Waals surface area contributed by atoms with Gasteiger partial charge in [-0.15, -0.1) is 0 Å². The summed E-state index contributed by atoms with van der Waals surface area (Å²) >= 11 is 1.70. The third-order valence-corrected chi connectivity index (χ3v) is 4.84. The molecule has 0 aliphatic heterocycles. The second-order valence-corrected chi connectivity index (χ2v) is 7.02. The van der Waals surface area contributed by atoms with Gasteiger partial charge in [0.1, 0.15) is 5.75 Å². The number of hydrogen-bond acceptors (Lipinski definition) is 4. The van der Waals surface area contributed by atoms with Gasteiger partial charge >= 0.3 is 0 Å². The maximum absolute atomic E-state index is 5.93. The van der Waals surface area contributed by atoms with Gasteiger partial charge in [-0.25, -0.2) is 4.98 Å². The first kappa shape index (κ1) is 15.8. The number of aryl methyl sites for hydroxylation is 2. The Hall–Kier alpha value is -2.07. The Balaban J connectivity index is 1.89. The summed E-state index contributed by atoms with van der Waals surface area (Å²) < 4.78 is 7.14. The number of hydrogen-bond donors (Lipinski definition) is 1. The molecule has 0 amide bonds. The minimum Gasteiger partial charge on any atom is -0.491 e. The molecule has 3 aromatic rings. The van der Waals surface area contributed by atoms with Crippen LogP contribution in [0, 0.1) is 13.8 Å². The molecule has 0 unspecified atom stereocenters. The molecule has 0 radical (unpaired) electrons. The summed E-state index contributed by atoms with van der Waals surface area (Å²) in [6.07, 6.45) is 0.175. The van der Waals surface area contributed by atoms with E-state index in [0.29, 0.717) is 0 Å². The fourth-order valence-corrected chi connectivity index (χ4v) is 3.58. The fourth-order valence-electron chi connectivity index (χ4n) is 2.55. The molecule has 0 fully saturated rings. The van der Waals surface area contributed by atoms with Crippen LogP contribution in [0.15, 0.2) is 36.4 Å². The predicted octanol–water partition coefficient (Wildman–Crippen LogP) is 5.31. The highest BCUT2D eigenvalue weighted by atomic mass is 32.1. The van der Waals surface area contributed by atoms with Crippen LogP contribution in [0.25, 0.3) is 10.2 Å². The fraction of sp³-hybridized carbons (Fsp3) is 0.316. The van der Waals surface area contributed by atoms with Crippen LogP contribution in [0.3, 0.4) is 0 Å². The highest BCUT2D eigenvalue weighted by Crippen LogP contribution is 2.36. The summed E-state index contributed by atoms with van der Waals surface area (Å²) in [4.78, 5) is 4.76. The van der Waals surface area contributed by atoms with Crippen molar-refractivity contribution in [3.8, 4) is 5.75 Å². The number of thiazole rings is 1. The molecular weight excluding hydrogens is 304 g/mol. The molecule has 3 nitrogen and oxygen atoms in total. The van der Waals surface area contributed by atoms with E-state index in [0.717, 1.165) is 28.5 Å². The van der Waals surface area contributed by atoms with Crippen molar-refractivity contribution in [2.24, 2.45) is 0 Å². The second-order valence-electron chi connectivity index (χ2n) is 6.02. The van der Waals surface area contributed by atoms with Crippen molar-refractivity contribution >= 4 is 26.7 Å². The average Bonchev–Trinajstić information content (AvgIpc) is 2.96. The lowest BCUT2D eigenvalue weighted by atomic mass is 10.1. The van der Waals surface area contributed by atoms with E-state index in [1.165, 1.54) is 15.8 Å². The number of ether oxygens (including phenoxy) is 1. The smallest absolute Gasteiger partial charge is 0.184 e. The monoisotopic (exact) mass is 326 g/mol.